The molecule has 2 rings (SSSR count). The molecule has 1 atom stereocenters. The summed E-state index contributed by atoms with van der Waals surface area (Å²) in [4.78, 5) is 26.2. The number of nitrogens with zero attached hydrogens (tertiary/aromatic N) is 1. The van der Waals surface area contributed by atoms with Gasteiger partial charge in [0.05, 0.1) is 4.99 Å². The van der Waals surface area contributed by atoms with Crippen molar-refractivity contribution in [3.8, 4) is 0 Å². The van der Waals surface area contributed by atoms with Crippen LogP contribution in [0, 0.1) is 0 Å². The fourth-order valence-corrected chi connectivity index (χ4v) is 4.10. The number of carbonyl (C=O) groups excluding carboxylic acids is 1. The maximum Gasteiger partial charge on any atom is 0.326 e. The zero-order valence-electron chi connectivity index (χ0n) is 17.3. The van der Waals surface area contributed by atoms with E-state index in [2.05, 4.69) is 29.6 Å². The van der Waals surface area contributed by atoms with Gasteiger partial charge in [0.1, 0.15) is 6.04 Å². The second-order valence-corrected chi connectivity index (χ2v) is 8.70. The molecule has 0 radical (unpaired) electrons. The summed E-state index contributed by atoms with van der Waals surface area (Å²) in [6, 6.07) is 16.6. The Morgan fingerprint density at radius 3 is 2.33 bits per heavy atom. The number of rotatable bonds is 12. The van der Waals surface area contributed by atoms with Crippen molar-refractivity contribution in [1.29, 1.82) is 0 Å². The van der Waals surface area contributed by atoms with Gasteiger partial charge in [0, 0.05) is 43.3 Å². The summed E-state index contributed by atoms with van der Waals surface area (Å²) in [5, 5.41) is 12.4. The van der Waals surface area contributed by atoms with Crippen LogP contribution in [0.2, 0.25) is 0 Å². The number of thiocarbonyl (C=S) groups is 1. The topological polar surface area (TPSA) is 69.6 Å². The molecule has 0 aliphatic rings. The monoisotopic (exact) mass is 444 g/mol. The lowest BCUT2D eigenvalue weighted by Gasteiger charge is -2.16. The number of hydrogen-bond donors (Lipinski definition) is 2. The smallest absolute Gasteiger partial charge is 0.326 e. The molecule has 0 bridgehead atoms. The van der Waals surface area contributed by atoms with Crippen LogP contribution in [0.15, 0.2) is 54.6 Å². The van der Waals surface area contributed by atoms with E-state index in [-0.39, 0.29) is 5.78 Å². The molecular weight excluding hydrogens is 416 g/mol. The molecule has 0 heterocycles. The van der Waals surface area contributed by atoms with E-state index in [0.717, 1.165) is 17.0 Å². The Kier molecular flexibility index (Phi) is 9.83. The molecule has 0 saturated heterocycles. The molecule has 2 aromatic carbocycles. The van der Waals surface area contributed by atoms with Gasteiger partial charge in [0.25, 0.3) is 0 Å². The fraction of sp³-hybridized carbons (Fsp3) is 0.348. The number of Topliss-reactive ketones (excluding diaryl/α,β-unsaturated/α-hetero) is 1. The SMILES string of the molecule is CN(C)c1ccc(CSC[C@H](NC(=S)CCCC(=O)c2ccccc2)C(=O)O)cc1. The second-order valence-electron chi connectivity index (χ2n) is 7.18. The highest BCUT2D eigenvalue weighted by Gasteiger charge is 2.18. The number of nitrogens with one attached hydrogen (secondary N) is 1. The average molecular weight is 445 g/mol. The first-order valence-electron chi connectivity index (χ1n) is 9.81. The van der Waals surface area contributed by atoms with Gasteiger partial charge in [-0.2, -0.15) is 11.8 Å². The van der Waals surface area contributed by atoms with Crippen molar-refractivity contribution in [1.82, 2.24) is 5.32 Å². The molecule has 0 aliphatic heterocycles. The molecule has 0 amide bonds. The highest BCUT2D eigenvalue weighted by molar-refractivity contribution is 7.98. The van der Waals surface area contributed by atoms with Gasteiger partial charge in [-0.05, 0) is 30.5 Å². The van der Waals surface area contributed by atoms with Crippen molar-refractivity contribution in [2.75, 3.05) is 24.7 Å². The number of aliphatic carboxylic acids is 1. The Balaban J connectivity index is 1.73. The number of anilines is 1. The Hall–Kier alpha value is -2.38. The minimum Gasteiger partial charge on any atom is -0.480 e. The molecule has 0 unspecified atom stereocenters. The van der Waals surface area contributed by atoms with Gasteiger partial charge in [-0.3, -0.25) is 4.79 Å². The Bertz CT molecular complexity index is 839. The summed E-state index contributed by atoms with van der Waals surface area (Å²) in [6.45, 7) is 0. The normalized spacial score (nSPS) is 11.5. The van der Waals surface area contributed by atoms with Crippen LogP contribution in [0.25, 0.3) is 0 Å². The van der Waals surface area contributed by atoms with Crippen LogP contribution in [-0.4, -0.2) is 47.7 Å². The van der Waals surface area contributed by atoms with Gasteiger partial charge in [-0.1, -0.05) is 54.7 Å². The third-order valence-electron chi connectivity index (χ3n) is 4.54. The van der Waals surface area contributed by atoms with Crippen LogP contribution >= 0.6 is 24.0 Å². The van der Waals surface area contributed by atoms with E-state index in [1.54, 1.807) is 23.9 Å². The average Bonchev–Trinajstić information content (AvgIpc) is 2.73. The minimum atomic E-state index is -0.923. The summed E-state index contributed by atoms with van der Waals surface area (Å²) in [5.41, 5.74) is 2.97. The van der Waals surface area contributed by atoms with Crippen molar-refractivity contribution in [3.63, 3.8) is 0 Å². The highest BCUT2D eigenvalue weighted by Crippen LogP contribution is 2.18. The minimum absolute atomic E-state index is 0.0732. The fourth-order valence-electron chi connectivity index (χ4n) is 2.80. The van der Waals surface area contributed by atoms with Crippen LogP contribution in [0.5, 0.6) is 0 Å². The number of carboxylic acid groups (broad SMARTS) is 1. The molecule has 160 valence electrons. The Morgan fingerprint density at radius 2 is 1.73 bits per heavy atom. The highest BCUT2D eigenvalue weighted by atomic mass is 32.2. The first-order chi connectivity index (χ1) is 14.4. The molecule has 0 fully saturated rings. The van der Waals surface area contributed by atoms with E-state index in [0.29, 0.717) is 35.6 Å². The van der Waals surface area contributed by atoms with Gasteiger partial charge in [0.2, 0.25) is 0 Å². The number of carboxylic acids is 1. The van der Waals surface area contributed by atoms with Gasteiger partial charge in [-0.15, -0.1) is 0 Å². The standard InChI is InChI=1S/C23H28N2O3S2/c1-25(2)19-13-11-17(12-14-19)15-30-16-20(23(27)28)24-22(29)10-6-9-21(26)18-7-4-3-5-8-18/h3-5,7-8,11-14,20H,6,9-10,15-16H2,1-2H3,(H,24,29)(H,27,28)/t20-/m0/s1. The lowest BCUT2D eigenvalue weighted by atomic mass is 10.1. The van der Waals surface area contributed by atoms with E-state index in [4.69, 9.17) is 12.2 Å². The summed E-state index contributed by atoms with van der Waals surface area (Å²) in [6.07, 6.45) is 1.48. The van der Waals surface area contributed by atoms with Gasteiger partial charge >= 0.3 is 5.97 Å². The molecule has 7 heteroatoms. The first-order valence-corrected chi connectivity index (χ1v) is 11.4. The van der Waals surface area contributed by atoms with E-state index >= 15 is 0 Å². The van der Waals surface area contributed by atoms with Crippen molar-refractivity contribution in [3.05, 3.63) is 65.7 Å². The summed E-state index contributed by atoms with van der Waals surface area (Å²) in [7, 11) is 3.99. The second kappa shape index (κ2) is 12.3. The zero-order chi connectivity index (χ0) is 21.9. The summed E-state index contributed by atoms with van der Waals surface area (Å²) >= 11 is 6.86. The lowest BCUT2D eigenvalue weighted by molar-refractivity contribution is -0.138. The van der Waals surface area contributed by atoms with Crippen LogP contribution in [0.1, 0.15) is 35.2 Å². The van der Waals surface area contributed by atoms with Gasteiger partial charge in [0.15, 0.2) is 5.78 Å². The molecule has 5 nitrogen and oxygen atoms in total. The predicted octanol–water partition coefficient (Wildman–Crippen LogP) is 4.41. The maximum absolute atomic E-state index is 12.1. The van der Waals surface area contributed by atoms with E-state index in [1.807, 2.05) is 37.2 Å². The predicted molar refractivity (Wildman–Crippen MR) is 129 cm³/mol. The number of ketones is 1. The van der Waals surface area contributed by atoms with E-state index in [1.165, 1.54) is 0 Å². The third-order valence-corrected chi connectivity index (χ3v) is 5.97. The molecule has 2 aromatic rings. The van der Waals surface area contributed by atoms with Crippen molar-refractivity contribution < 1.29 is 14.7 Å². The van der Waals surface area contributed by atoms with E-state index < -0.39 is 12.0 Å². The molecule has 0 spiro atoms. The summed E-state index contributed by atoms with van der Waals surface area (Å²) < 4.78 is 0. The van der Waals surface area contributed by atoms with Crippen LogP contribution in [0.3, 0.4) is 0 Å². The number of benzene rings is 2. The molecule has 2 N–H and O–H groups in total. The van der Waals surface area contributed by atoms with Crippen molar-refractivity contribution >= 4 is 46.4 Å². The molecule has 0 saturated carbocycles. The molecule has 0 aliphatic carbocycles. The first kappa shape index (κ1) is 23.9. The van der Waals surface area contributed by atoms with Crippen LogP contribution in [-0.2, 0) is 10.5 Å². The molecule has 0 aromatic heterocycles. The number of hydrogen-bond acceptors (Lipinski definition) is 5. The largest absolute Gasteiger partial charge is 0.480 e. The number of thioether (sulfide) groups is 1. The quantitative estimate of drug-likeness (QED) is 0.371. The summed E-state index contributed by atoms with van der Waals surface area (Å²) in [5.74, 6) is 0.294. The van der Waals surface area contributed by atoms with Crippen molar-refractivity contribution in [2.45, 2.75) is 31.1 Å². The van der Waals surface area contributed by atoms with Crippen molar-refractivity contribution in [2.24, 2.45) is 0 Å². The number of carbonyl (C=O) groups is 2. The molecular formula is C23H28N2O3S2. The Morgan fingerprint density at radius 1 is 1.07 bits per heavy atom. The van der Waals surface area contributed by atoms with Gasteiger partial charge < -0.3 is 15.3 Å². The van der Waals surface area contributed by atoms with Crippen LogP contribution < -0.4 is 10.2 Å². The Labute approximate surface area is 187 Å². The molecule has 30 heavy (non-hydrogen) atoms. The lowest BCUT2D eigenvalue weighted by Crippen LogP contribution is -2.41. The van der Waals surface area contributed by atoms with Crippen LogP contribution in [0.4, 0.5) is 5.69 Å². The third kappa shape index (κ3) is 8.16. The maximum atomic E-state index is 12.1. The van der Waals surface area contributed by atoms with Gasteiger partial charge in [-0.25, -0.2) is 4.79 Å². The van der Waals surface area contributed by atoms with E-state index in [9.17, 15) is 14.7 Å². The zero-order valence-corrected chi connectivity index (χ0v) is 19.0.